The summed E-state index contributed by atoms with van der Waals surface area (Å²) in [4.78, 5) is 2.13. The van der Waals surface area contributed by atoms with Gasteiger partial charge >= 0.3 is 0 Å². The third kappa shape index (κ3) is 3.21. The Bertz CT molecular complexity index is 1030. The van der Waals surface area contributed by atoms with E-state index in [2.05, 4.69) is 55.3 Å². The number of aliphatic hydroxyl groups is 1. The van der Waals surface area contributed by atoms with Crippen molar-refractivity contribution < 1.29 is 19.8 Å². The van der Waals surface area contributed by atoms with Gasteiger partial charge in [0.2, 0.25) is 0 Å². The van der Waals surface area contributed by atoms with Crippen LogP contribution < -0.4 is 4.90 Å². The first kappa shape index (κ1) is 22.6. The molecule has 2 N–H and O–H groups in total. The molecule has 1 saturated heterocycles. The average molecular weight is 467 g/mol. The van der Waals surface area contributed by atoms with Crippen molar-refractivity contribution in [3.8, 4) is 0 Å². The monoisotopic (exact) mass is 466 g/mol. The van der Waals surface area contributed by atoms with E-state index in [9.17, 15) is 10.3 Å². The molecular weight excluding hydrogens is 428 g/mol. The maximum atomic E-state index is 12.1. The fraction of sp³-hybridized carbons (Fsp3) is 0.679. The molecule has 1 spiro atoms. The first-order valence-corrected chi connectivity index (χ1v) is 13.0. The zero-order valence-corrected chi connectivity index (χ0v) is 20.7. The zero-order valence-electron chi connectivity index (χ0n) is 20.7. The third-order valence-corrected chi connectivity index (χ3v) is 9.90. The predicted molar refractivity (Wildman–Crippen MR) is 131 cm³/mol. The molecule has 0 radical (unpaired) electrons. The molecule has 5 atom stereocenters. The van der Waals surface area contributed by atoms with Gasteiger partial charge in [0.05, 0.1) is 24.5 Å². The van der Waals surface area contributed by atoms with E-state index in [0.717, 1.165) is 50.7 Å². The van der Waals surface area contributed by atoms with E-state index in [1.807, 2.05) is 0 Å². The highest BCUT2D eigenvalue weighted by atomic mass is 16.7. The molecule has 0 amide bonds. The van der Waals surface area contributed by atoms with Gasteiger partial charge < -0.3 is 24.7 Å². The topological polar surface area (TPSA) is 74.5 Å². The van der Waals surface area contributed by atoms with E-state index in [4.69, 9.17) is 9.47 Å². The van der Waals surface area contributed by atoms with Crippen molar-refractivity contribution in [2.75, 3.05) is 32.2 Å². The van der Waals surface area contributed by atoms with E-state index >= 15 is 0 Å². The van der Waals surface area contributed by atoms with E-state index in [1.54, 1.807) is 0 Å². The first-order chi connectivity index (χ1) is 16.3. The van der Waals surface area contributed by atoms with Crippen LogP contribution in [-0.4, -0.2) is 54.7 Å². The van der Waals surface area contributed by atoms with E-state index < -0.39 is 11.4 Å². The van der Waals surface area contributed by atoms with Crippen LogP contribution in [0.1, 0.15) is 69.8 Å². The maximum absolute atomic E-state index is 12.1. The lowest BCUT2D eigenvalue weighted by atomic mass is 9.51. The molecule has 0 unspecified atom stereocenters. The molecule has 6 nitrogen and oxygen atoms in total. The largest absolute Gasteiger partial charge is 0.411 e. The highest BCUT2D eigenvalue weighted by Crippen LogP contribution is 2.64. The van der Waals surface area contributed by atoms with Crippen LogP contribution in [0, 0.1) is 17.3 Å². The summed E-state index contributed by atoms with van der Waals surface area (Å²) in [6, 6.07) is 8.93. The van der Waals surface area contributed by atoms with Gasteiger partial charge in [-0.1, -0.05) is 29.8 Å². The van der Waals surface area contributed by atoms with Gasteiger partial charge in [-0.25, -0.2) is 0 Å². The van der Waals surface area contributed by atoms with Crippen molar-refractivity contribution in [2.45, 2.75) is 75.6 Å². The molecule has 4 aliphatic carbocycles. The summed E-state index contributed by atoms with van der Waals surface area (Å²) >= 11 is 0. The summed E-state index contributed by atoms with van der Waals surface area (Å²) in [7, 11) is 4.13. The van der Waals surface area contributed by atoms with Crippen molar-refractivity contribution in [1.82, 2.24) is 0 Å². The third-order valence-electron chi connectivity index (χ3n) is 9.90. The number of anilines is 1. The van der Waals surface area contributed by atoms with Crippen molar-refractivity contribution in [3.63, 3.8) is 0 Å². The number of oxime groups is 1. The first-order valence-electron chi connectivity index (χ1n) is 13.0. The summed E-state index contributed by atoms with van der Waals surface area (Å²) < 4.78 is 12.1. The molecule has 0 aromatic heterocycles. The fourth-order valence-electron chi connectivity index (χ4n) is 8.27. The smallest absolute Gasteiger partial charge is 0.171 e. The lowest BCUT2D eigenvalue weighted by molar-refractivity contribution is -0.208. The molecule has 0 bridgehead atoms. The zero-order chi connectivity index (χ0) is 23.7. The number of benzene rings is 1. The number of hydrogen-bond donors (Lipinski definition) is 2. The number of allylic oxidation sites excluding steroid dienone is 1. The van der Waals surface area contributed by atoms with Gasteiger partial charge in [0, 0.05) is 44.0 Å². The van der Waals surface area contributed by atoms with Gasteiger partial charge in [0.15, 0.2) is 5.79 Å². The summed E-state index contributed by atoms with van der Waals surface area (Å²) in [5.41, 5.74) is 5.24. The van der Waals surface area contributed by atoms with Crippen LogP contribution in [0.4, 0.5) is 5.69 Å². The summed E-state index contributed by atoms with van der Waals surface area (Å²) in [5.74, 6) is 0.504. The van der Waals surface area contributed by atoms with Crippen LogP contribution in [0.5, 0.6) is 0 Å². The maximum Gasteiger partial charge on any atom is 0.171 e. The molecule has 6 rings (SSSR count). The van der Waals surface area contributed by atoms with Crippen LogP contribution in [0.3, 0.4) is 0 Å². The second-order valence-corrected chi connectivity index (χ2v) is 11.7. The molecule has 1 aromatic rings. The van der Waals surface area contributed by atoms with Crippen LogP contribution in [-0.2, 0) is 9.47 Å². The Morgan fingerprint density at radius 2 is 1.76 bits per heavy atom. The number of fused-ring (bicyclic) bond motifs is 4. The van der Waals surface area contributed by atoms with Gasteiger partial charge in [-0.3, -0.25) is 0 Å². The van der Waals surface area contributed by atoms with Gasteiger partial charge in [-0.05, 0) is 73.6 Å². The molecule has 5 aliphatic rings. The molecule has 3 saturated carbocycles. The Morgan fingerprint density at radius 3 is 2.44 bits per heavy atom. The van der Waals surface area contributed by atoms with Crippen LogP contribution in [0.15, 0.2) is 40.6 Å². The van der Waals surface area contributed by atoms with E-state index in [0.29, 0.717) is 31.5 Å². The SMILES string of the molecule is CN(C)c1ccc([C@H]2C[C@]3(C)C(=NO)CC[C@H]3[C@@H]3CC[C@@]4(O)CC5(CCC4=C32)OCCO5)cc1. The average Bonchev–Trinajstić information content (AvgIpc) is 3.41. The Morgan fingerprint density at radius 1 is 1.03 bits per heavy atom. The molecular formula is C28H38N2O4. The molecule has 1 heterocycles. The van der Waals surface area contributed by atoms with Crippen LogP contribution in [0.25, 0.3) is 0 Å². The van der Waals surface area contributed by atoms with Gasteiger partial charge in [-0.2, -0.15) is 0 Å². The second-order valence-electron chi connectivity index (χ2n) is 11.7. The lowest BCUT2D eigenvalue weighted by Gasteiger charge is -2.55. The van der Waals surface area contributed by atoms with Gasteiger partial charge in [-0.15, -0.1) is 0 Å². The highest BCUT2D eigenvalue weighted by molar-refractivity contribution is 5.92. The summed E-state index contributed by atoms with van der Waals surface area (Å²) in [6.45, 7) is 3.56. The van der Waals surface area contributed by atoms with Crippen molar-refractivity contribution in [2.24, 2.45) is 22.4 Å². The predicted octanol–water partition coefficient (Wildman–Crippen LogP) is 4.85. The van der Waals surface area contributed by atoms with Crippen molar-refractivity contribution in [3.05, 3.63) is 41.0 Å². The number of rotatable bonds is 2. The highest BCUT2D eigenvalue weighted by Gasteiger charge is 2.60. The molecule has 34 heavy (non-hydrogen) atoms. The Hall–Kier alpha value is -1.89. The minimum absolute atomic E-state index is 0.0998. The molecule has 1 aromatic carbocycles. The van der Waals surface area contributed by atoms with Crippen LogP contribution in [0.2, 0.25) is 0 Å². The van der Waals surface area contributed by atoms with Crippen molar-refractivity contribution >= 4 is 11.4 Å². The second kappa shape index (κ2) is 7.81. The standard InChI is InChI=1S/C28H38N2O4/c1-26-16-21(18-4-6-19(7-5-18)30(2)3)25-20(22(26)8-9-24(26)29-32)10-12-27(31)17-28(13-11-23(25)27)33-14-15-34-28/h4-7,20-22,31-32H,8-17H2,1-3H3/t20-,21+,22-,26-,27+/m0/s1. The number of nitrogens with zero attached hydrogens (tertiary/aromatic N) is 2. The summed E-state index contributed by atoms with van der Waals surface area (Å²) in [5, 5.41) is 25.7. The van der Waals surface area contributed by atoms with E-state index in [1.165, 1.54) is 22.4 Å². The van der Waals surface area contributed by atoms with E-state index in [-0.39, 0.29) is 11.3 Å². The molecule has 184 valence electrons. The molecule has 6 heteroatoms. The number of ether oxygens (including phenoxy) is 2. The normalized spacial score (nSPS) is 39.8. The Balaban J connectivity index is 1.47. The van der Waals surface area contributed by atoms with Gasteiger partial charge in [0.1, 0.15) is 0 Å². The minimum atomic E-state index is -0.851. The Labute approximate surface area is 202 Å². The fourth-order valence-corrected chi connectivity index (χ4v) is 8.27. The van der Waals surface area contributed by atoms with Crippen molar-refractivity contribution in [1.29, 1.82) is 0 Å². The quantitative estimate of drug-likeness (QED) is 0.370. The minimum Gasteiger partial charge on any atom is -0.411 e. The lowest BCUT2D eigenvalue weighted by Crippen LogP contribution is -2.53. The summed E-state index contributed by atoms with van der Waals surface area (Å²) in [6.07, 6.45) is 6.80. The number of hydrogen-bond acceptors (Lipinski definition) is 6. The molecule has 1 aliphatic heterocycles. The van der Waals surface area contributed by atoms with Crippen LogP contribution >= 0.6 is 0 Å². The van der Waals surface area contributed by atoms with Gasteiger partial charge in [0.25, 0.3) is 0 Å². The Kier molecular flexibility index (Phi) is 5.18. The molecule has 4 fully saturated rings.